The van der Waals surface area contributed by atoms with Gasteiger partial charge in [0.05, 0.1) is 18.8 Å². The van der Waals surface area contributed by atoms with Crippen molar-refractivity contribution < 1.29 is 4.74 Å². The molecule has 0 N–H and O–H groups in total. The van der Waals surface area contributed by atoms with Crippen molar-refractivity contribution in [2.45, 2.75) is 39.3 Å². The summed E-state index contributed by atoms with van der Waals surface area (Å²) in [6.07, 6.45) is 2.69. The fourth-order valence-corrected chi connectivity index (χ4v) is 2.82. The Morgan fingerprint density at radius 1 is 1.50 bits per heavy atom. The average molecular weight is 296 g/mol. The summed E-state index contributed by atoms with van der Waals surface area (Å²) in [5.74, 6) is 1.50. The van der Waals surface area contributed by atoms with Crippen molar-refractivity contribution in [1.29, 1.82) is 0 Å². The summed E-state index contributed by atoms with van der Waals surface area (Å²) in [6, 6.07) is 0.316. The van der Waals surface area contributed by atoms with Crippen LogP contribution in [0.5, 0.6) is 0 Å². The molecule has 1 fully saturated rings. The first-order valence-corrected chi connectivity index (χ1v) is 7.23. The van der Waals surface area contributed by atoms with Crippen molar-refractivity contribution in [3.8, 4) is 0 Å². The van der Waals surface area contributed by atoms with Crippen LogP contribution in [-0.4, -0.2) is 44.9 Å². The Kier molecular flexibility index (Phi) is 3.52. The maximum absolute atomic E-state index is 6.25. The van der Waals surface area contributed by atoms with Crippen LogP contribution < -0.4 is 4.90 Å². The molecule has 0 saturated carbocycles. The second-order valence-corrected chi connectivity index (χ2v) is 5.54. The van der Waals surface area contributed by atoms with Crippen LogP contribution in [0.25, 0.3) is 5.78 Å². The highest BCUT2D eigenvalue weighted by atomic mass is 35.5. The number of hydrogen-bond donors (Lipinski definition) is 0. The molecule has 0 aliphatic carbocycles. The number of morpholine rings is 1. The zero-order valence-corrected chi connectivity index (χ0v) is 12.6. The van der Waals surface area contributed by atoms with E-state index < -0.39 is 0 Å². The third-order valence-corrected chi connectivity index (χ3v) is 4.15. The minimum atomic E-state index is 0.183. The Balaban J connectivity index is 2.16. The van der Waals surface area contributed by atoms with E-state index in [1.165, 1.54) is 6.33 Å². The van der Waals surface area contributed by atoms with Crippen LogP contribution in [-0.2, 0) is 4.74 Å². The molecule has 2 unspecified atom stereocenters. The molecule has 0 bridgehead atoms. The number of nitrogens with zero attached hydrogens (tertiary/aromatic N) is 5. The van der Waals surface area contributed by atoms with Crippen LogP contribution in [0.3, 0.4) is 0 Å². The second kappa shape index (κ2) is 5.18. The Hall–Kier alpha value is -1.40. The molecule has 108 valence electrons. The number of fused-ring (bicyclic) bond motifs is 1. The average Bonchev–Trinajstić information content (AvgIpc) is 2.87. The van der Waals surface area contributed by atoms with Gasteiger partial charge in [0.25, 0.3) is 5.78 Å². The van der Waals surface area contributed by atoms with Crippen molar-refractivity contribution in [2.24, 2.45) is 0 Å². The first kappa shape index (κ1) is 13.6. The molecule has 1 aliphatic heterocycles. The van der Waals surface area contributed by atoms with Crippen LogP contribution in [0, 0.1) is 6.92 Å². The van der Waals surface area contributed by atoms with E-state index in [-0.39, 0.29) is 6.10 Å². The van der Waals surface area contributed by atoms with E-state index in [4.69, 9.17) is 16.3 Å². The Morgan fingerprint density at radius 3 is 3.05 bits per heavy atom. The maximum atomic E-state index is 6.25. The third kappa shape index (κ3) is 2.13. The van der Waals surface area contributed by atoms with E-state index in [0.29, 0.717) is 23.6 Å². The molecule has 6 nitrogen and oxygen atoms in total. The van der Waals surface area contributed by atoms with Gasteiger partial charge in [-0.05, 0) is 20.3 Å². The van der Waals surface area contributed by atoms with Crippen LogP contribution in [0.2, 0.25) is 5.15 Å². The predicted octanol–water partition coefficient (Wildman–Crippen LogP) is 2.09. The smallest absolute Gasteiger partial charge is 0.255 e. The summed E-state index contributed by atoms with van der Waals surface area (Å²) in [7, 11) is 0. The number of rotatable bonds is 2. The van der Waals surface area contributed by atoms with E-state index in [2.05, 4.69) is 33.8 Å². The molecule has 3 rings (SSSR count). The lowest BCUT2D eigenvalue weighted by atomic mass is 10.1. The van der Waals surface area contributed by atoms with E-state index in [1.807, 2.05) is 6.92 Å². The number of aromatic nitrogens is 4. The van der Waals surface area contributed by atoms with Crippen LogP contribution in [0.15, 0.2) is 6.33 Å². The first-order chi connectivity index (χ1) is 9.61. The lowest BCUT2D eigenvalue weighted by molar-refractivity contribution is 0.0294. The molecule has 20 heavy (non-hydrogen) atoms. The molecular weight excluding hydrogens is 278 g/mol. The molecular formula is C13H18ClN5O. The number of anilines is 1. The number of hydrogen-bond acceptors (Lipinski definition) is 5. The first-order valence-electron chi connectivity index (χ1n) is 6.86. The van der Waals surface area contributed by atoms with Gasteiger partial charge < -0.3 is 9.64 Å². The summed E-state index contributed by atoms with van der Waals surface area (Å²) in [5.41, 5.74) is 0.928. The standard InChI is InChI=1S/C13H18ClN5O/c1-4-10-6-20-8(2)5-18(10)12-9(3)11(14)17-13-15-7-16-19(12)13/h7-8,10H,4-6H2,1-3H3. The molecule has 0 radical (unpaired) electrons. The Bertz CT molecular complexity index is 628. The highest BCUT2D eigenvalue weighted by molar-refractivity contribution is 6.30. The molecule has 7 heteroatoms. The lowest BCUT2D eigenvalue weighted by Gasteiger charge is -2.40. The zero-order chi connectivity index (χ0) is 14.3. The van der Waals surface area contributed by atoms with Gasteiger partial charge in [0, 0.05) is 12.1 Å². The second-order valence-electron chi connectivity index (χ2n) is 5.18. The van der Waals surface area contributed by atoms with Gasteiger partial charge in [-0.15, -0.1) is 0 Å². The molecule has 1 saturated heterocycles. The van der Waals surface area contributed by atoms with Gasteiger partial charge >= 0.3 is 0 Å². The molecule has 2 aromatic heterocycles. The van der Waals surface area contributed by atoms with Gasteiger partial charge in [0.2, 0.25) is 0 Å². The van der Waals surface area contributed by atoms with Gasteiger partial charge in [-0.25, -0.2) is 0 Å². The topological polar surface area (TPSA) is 55.5 Å². The molecule has 0 amide bonds. The van der Waals surface area contributed by atoms with E-state index in [9.17, 15) is 0 Å². The summed E-state index contributed by atoms with van der Waals surface area (Å²) >= 11 is 6.25. The van der Waals surface area contributed by atoms with Gasteiger partial charge in [-0.3, -0.25) is 0 Å². The molecule has 2 atom stereocenters. The molecule has 0 aromatic carbocycles. The predicted molar refractivity (Wildman–Crippen MR) is 77.4 cm³/mol. The maximum Gasteiger partial charge on any atom is 0.255 e. The minimum Gasteiger partial charge on any atom is -0.375 e. The lowest BCUT2D eigenvalue weighted by Crippen LogP contribution is -2.49. The summed E-state index contributed by atoms with van der Waals surface area (Å²) < 4.78 is 7.53. The van der Waals surface area contributed by atoms with Gasteiger partial charge in [0.15, 0.2) is 0 Å². The minimum absolute atomic E-state index is 0.183. The van der Waals surface area contributed by atoms with Crippen LogP contribution in [0.4, 0.5) is 5.82 Å². The molecule has 1 aliphatic rings. The van der Waals surface area contributed by atoms with E-state index in [0.717, 1.165) is 24.3 Å². The van der Waals surface area contributed by atoms with Crippen molar-refractivity contribution >= 4 is 23.2 Å². The quantitative estimate of drug-likeness (QED) is 0.794. The highest BCUT2D eigenvalue weighted by Gasteiger charge is 2.29. The summed E-state index contributed by atoms with van der Waals surface area (Å²) in [4.78, 5) is 10.7. The third-order valence-electron chi connectivity index (χ3n) is 3.78. The monoisotopic (exact) mass is 295 g/mol. The van der Waals surface area contributed by atoms with Gasteiger partial charge in [-0.2, -0.15) is 19.6 Å². The van der Waals surface area contributed by atoms with Crippen molar-refractivity contribution in [3.05, 3.63) is 17.0 Å². The van der Waals surface area contributed by atoms with Crippen molar-refractivity contribution in [2.75, 3.05) is 18.1 Å². The fourth-order valence-electron chi connectivity index (χ4n) is 2.66. The molecule has 0 spiro atoms. The summed E-state index contributed by atoms with van der Waals surface area (Å²) in [5, 5.41) is 4.77. The fraction of sp³-hybridized carbons (Fsp3) is 0.615. The Labute approximate surface area is 122 Å². The van der Waals surface area contributed by atoms with Gasteiger partial charge in [-0.1, -0.05) is 18.5 Å². The molecule has 3 heterocycles. The number of ether oxygens (including phenoxy) is 1. The van der Waals surface area contributed by atoms with Crippen LogP contribution >= 0.6 is 11.6 Å². The largest absolute Gasteiger partial charge is 0.375 e. The van der Waals surface area contributed by atoms with Gasteiger partial charge in [0.1, 0.15) is 17.3 Å². The SMILES string of the molecule is CCC1COC(C)CN1c1c(C)c(Cl)nc2ncnn12. The number of halogens is 1. The van der Waals surface area contributed by atoms with E-state index in [1.54, 1.807) is 4.52 Å². The van der Waals surface area contributed by atoms with Crippen LogP contribution in [0.1, 0.15) is 25.8 Å². The molecule has 2 aromatic rings. The van der Waals surface area contributed by atoms with Crippen molar-refractivity contribution in [1.82, 2.24) is 19.6 Å². The summed E-state index contributed by atoms with van der Waals surface area (Å²) in [6.45, 7) is 7.74. The highest BCUT2D eigenvalue weighted by Crippen LogP contribution is 2.30. The van der Waals surface area contributed by atoms with Crippen molar-refractivity contribution in [3.63, 3.8) is 0 Å². The zero-order valence-electron chi connectivity index (χ0n) is 11.9. The Morgan fingerprint density at radius 2 is 2.30 bits per heavy atom. The van der Waals surface area contributed by atoms with E-state index >= 15 is 0 Å². The normalized spacial score (nSPS) is 23.5.